The molecule has 0 saturated carbocycles. The molecule has 0 spiro atoms. The van der Waals surface area contributed by atoms with Gasteiger partial charge in [-0.15, -0.1) is 0 Å². The maximum absolute atomic E-state index is 12.6. The van der Waals surface area contributed by atoms with E-state index in [0.717, 1.165) is 28.5 Å². The van der Waals surface area contributed by atoms with Gasteiger partial charge in [-0.05, 0) is 55.1 Å². The molecular weight excluding hydrogens is 633 g/mol. The Hall–Kier alpha value is -2.94. The first kappa shape index (κ1) is 36.9. The van der Waals surface area contributed by atoms with E-state index < -0.39 is 13.9 Å². The Balaban J connectivity index is 1.19. The molecule has 10 heteroatoms. The number of hydrogen-bond donors (Lipinski definition) is 0. The number of hydrogen-bond acceptors (Lipinski definition) is 8. The second kappa shape index (κ2) is 19.8. The van der Waals surface area contributed by atoms with Crippen LogP contribution in [0, 0.1) is 6.92 Å². The number of nitrogens with zero attached hydrogens (tertiary/aromatic N) is 1. The summed E-state index contributed by atoms with van der Waals surface area (Å²) in [6.45, 7) is 5.47. The van der Waals surface area contributed by atoms with Crippen molar-refractivity contribution in [1.82, 2.24) is 0 Å². The molecule has 2 atom stereocenters. The Bertz CT molecular complexity index is 1540. The van der Waals surface area contributed by atoms with Crippen LogP contribution >= 0.6 is 19.2 Å². The van der Waals surface area contributed by atoms with Gasteiger partial charge in [0.1, 0.15) is 30.0 Å². The van der Waals surface area contributed by atoms with Crippen LogP contribution in [0.1, 0.15) is 81.6 Å². The third-order valence-electron chi connectivity index (χ3n) is 7.96. The largest absolute Gasteiger partial charge is 0.746 e. The zero-order valence-corrected chi connectivity index (χ0v) is 29.8. The monoisotopic (exact) mass is 683 g/mol. The molecule has 0 aliphatic heterocycles. The minimum Gasteiger partial charge on any atom is -0.746 e. The van der Waals surface area contributed by atoms with Crippen molar-refractivity contribution in [3.8, 4) is 17.2 Å². The quantitative estimate of drug-likeness (QED) is 0.0439. The average Bonchev–Trinajstić information content (AvgIpc) is 3.47. The van der Waals surface area contributed by atoms with E-state index in [4.69, 9.17) is 23.3 Å². The van der Waals surface area contributed by atoms with Crippen LogP contribution in [0.15, 0.2) is 72.4 Å². The zero-order valence-electron chi connectivity index (χ0n) is 28.1. The Morgan fingerprint density at radius 3 is 2.32 bits per heavy atom. The van der Waals surface area contributed by atoms with Crippen molar-refractivity contribution in [2.75, 3.05) is 26.9 Å². The van der Waals surface area contributed by atoms with E-state index in [9.17, 15) is 9.46 Å². The molecule has 0 aliphatic rings. The summed E-state index contributed by atoms with van der Waals surface area (Å²) in [5.41, 5.74) is 2.93. The highest BCUT2D eigenvalue weighted by atomic mass is 32.1. The van der Waals surface area contributed by atoms with E-state index in [0.29, 0.717) is 18.9 Å². The lowest BCUT2D eigenvalue weighted by Crippen LogP contribution is -2.30. The number of unbranched alkanes of at least 4 members (excludes halogenated alkanes) is 9. The van der Waals surface area contributed by atoms with E-state index in [1.165, 1.54) is 69.8 Å². The SMILES string of the molecule is CCCCCCCCCCCCOc1cccc2cc(OCC(COP(=O)([O-])Oc3cccc(C[n+]4csc(C)c4)c3)OC)ccc12. The first-order valence-electron chi connectivity index (χ1n) is 16.8. The molecule has 0 fully saturated rings. The lowest BCUT2D eigenvalue weighted by atomic mass is 10.1. The molecule has 0 amide bonds. The number of phosphoric ester groups is 1. The van der Waals surface area contributed by atoms with Gasteiger partial charge in [0.2, 0.25) is 5.51 Å². The molecule has 47 heavy (non-hydrogen) atoms. The molecule has 256 valence electrons. The minimum atomic E-state index is -4.64. The van der Waals surface area contributed by atoms with Gasteiger partial charge in [-0.2, -0.15) is 4.57 Å². The minimum absolute atomic E-state index is 0.101. The number of thiazole rings is 1. The molecule has 0 bridgehead atoms. The van der Waals surface area contributed by atoms with E-state index in [1.54, 1.807) is 29.5 Å². The lowest BCUT2D eigenvalue weighted by Gasteiger charge is -2.25. The summed E-state index contributed by atoms with van der Waals surface area (Å²) in [4.78, 5) is 13.8. The van der Waals surface area contributed by atoms with Crippen molar-refractivity contribution in [3.63, 3.8) is 0 Å². The molecule has 2 unspecified atom stereocenters. The fourth-order valence-electron chi connectivity index (χ4n) is 5.36. The predicted molar refractivity (Wildman–Crippen MR) is 187 cm³/mol. The number of aryl methyl sites for hydroxylation is 1. The fourth-order valence-corrected chi connectivity index (χ4v) is 6.77. The summed E-state index contributed by atoms with van der Waals surface area (Å²) in [6.07, 6.45) is 14.4. The second-order valence-electron chi connectivity index (χ2n) is 12.0. The average molecular weight is 684 g/mol. The topological polar surface area (TPSA) is 90.2 Å². The third-order valence-corrected chi connectivity index (χ3v) is 9.71. The second-order valence-corrected chi connectivity index (χ2v) is 14.4. The van der Waals surface area contributed by atoms with Crippen molar-refractivity contribution < 1.29 is 37.3 Å². The maximum Gasteiger partial charge on any atom is 0.319 e. The number of phosphoric acid groups is 1. The first-order valence-corrected chi connectivity index (χ1v) is 19.2. The summed E-state index contributed by atoms with van der Waals surface area (Å²) in [6, 6.07) is 18.8. The molecule has 0 aliphatic carbocycles. The normalized spacial score (nSPS) is 13.4. The number of ether oxygens (including phenoxy) is 3. The van der Waals surface area contributed by atoms with Crippen LogP contribution < -0.4 is 23.5 Å². The summed E-state index contributed by atoms with van der Waals surface area (Å²) in [5, 5.41) is 2.02. The van der Waals surface area contributed by atoms with Crippen LogP contribution in [0.25, 0.3) is 10.8 Å². The van der Waals surface area contributed by atoms with Crippen molar-refractivity contribution in [1.29, 1.82) is 0 Å². The van der Waals surface area contributed by atoms with Crippen LogP contribution in [-0.2, 0) is 20.4 Å². The number of methoxy groups -OCH3 is 1. The van der Waals surface area contributed by atoms with Gasteiger partial charge in [-0.1, -0.05) is 100 Å². The van der Waals surface area contributed by atoms with Crippen LogP contribution in [0.4, 0.5) is 0 Å². The summed E-state index contributed by atoms with van der Waals surface area (Å²) >= 11 is 1.65. The van der Waals surface area contributed by atoms with Gasteiger partial charge < -0.3 is 28.2 Å². The molecule has 0 radical (unpaired) electrons. The number of rotatable bonds is 23. The van der Waals surface area contributed by atoms with Gasteiger partial charge in [-0.25, -0.2) is 0 Å². The van der Waals surface area contributed by atoms with Crippen LogP contribution in [0.2, 0.25) is 0 Å². The van der Waals surface area contributed by atoms with Crippen molar-refractivity contribution in [2.24, 2.45) is 0 Å². The molecule has 8 nitrogen and oxygen atoms in total. The van der Waals surface area contributed by atoms with Crippen molar-refractivity contribution in [2.45, 2.75) is 90.7 Å². The molecular formula is C37H50NO7PS. The van der Waals surface area contributed by atoms with Gasteiger partial charge in [-0.3, -0.25) is 4.57 Å². The molecule has 4 aromatic rings. The Labute approximate surface area is 284 Å². The van der Waals surface area contributed by atoms with Gasteiger partial charge >= 0.3 is 7.82 Å². The molecule has 1 heterocycles. The van der Waals surface area contributed by atoms with Gasteiger partial charge in [0.15, 0.2) is 12.7 Å². The Kier molecular flexibility index (Phi) is 15.5. The highest BCUT2D eigenvalue weighted by Gasteiger charge is 2.18. The van der Waals surface area contributed by atoms with E-state index in [1.807, 2.05) is 65.7 Å². The van der Waals surface area contributed by atoms with Crippen molar-refractivity contribution >= 4 is 29.9 Å². The highest BCUT2D eigenvalue weighted by molar-refractivity contribution is 7.46. The fraction of sp³-hybridized carbons (Fsp3) is 0.486. The summed E-state index contributed by atoms with van der Waals surface area (Å²) < 4.78 is 42.6. The first-order chi connectivity index (χ1) is 22.8. The molecule has 3 aromatic carbocycles. The lowest BCUT2D eigenvalue weighted by molar-refractivity contribution is -0.683. The van der Waals surface area contributed by atoms with Crippen molar-refractivity contribution in [3.05, 3.63) is 82.8 Å². The zero-order chi connectivity index (χ0) is 33.3. The van der Waals surface area contributed by atoms with Crippen LogP contribution in [-0.4, -0.2) is 33.0 Å². The molecule has 1 aromatic heterocycles. The predicted octanol–water partition coefficient (Wildman–Crippen LogP) is 8.80. The third kappa shape index (κ3) is 13.2. The highest BCUT2D eigenvalue weighted by Crippen LogP contribution is 2.40. The van der Waals surface area contributed by atoms with Gasteiger partial charge in [0.05, 0.1) is 18.1 Å². The number of aromatic nitrogens is 1. The van der Waals surface area contributed by atoms with Crippen LogP contribution in [0.3, 0.4) is 0 Å². The van der Waals surface area contributed by atoms with Gasteiger partial charge in [0, 0.05) is 18.1 Å². The maximum atomic E-state index is 12.6. The summed E-state index contributed by atoms with van der Waals surface area (Å²) in [7, 11) is -3.16. The molecule has 0 N–H and O–H groups in total. The summed E-state index contributed by atoms with van der Waals surface area (Å²) in [5.74, 6) is 1.70. The standard InChI is InChI=1S/C37H50NO7PS/c1-4-5-6-7-8-9-10-11-12-13-22-42-37-19-15-17-32-24-33(20-21-36(32)37)43-27-35(41-3)28-44-46(39,40)45-34-18-14-16-31(23-34)26-38-25-30(2)47-29-38/h14-21,23-25,29,35H,4-13,22,26-28H2,1-3H3. The molecule has 4 rings (SSSR count). The Morgan fingerprint density at radius 2 is 1.60 bits per heavy atom. The van der Waals surface area contributed by atoms with E-state index >= 15 is 0 Å². The van der Waals surface area contributed by atoms with E-state index in [-0.39, 0.29) is 19.0 Å². The number of benzene rings is 3. The van der Waals surface area contributed by atoms with Crippen LogP contribution in [0.5, 0.6) is 17.2 Å². The molecule has 0 saturated heterocycles. The Morgan fingerprint density at radius 1 is 0.851 bits per heavy atom. The number of fused-ring (bicyclic) bond motifs is 1. The van der Waals surface area contributed by atoms with E-state index in [2.05, 4.69) is 6.92 Å². The smallest absolute Gasteiger partial charge is 0.319 e. The van der Waals surface area contributed by atoms with Gasteiger partial charge in [0.25, 0.3) is 0 Å².